The lowest BCUT2D eigenvalue weighted by atomic mass is 10.1. The first-order valence-electron chi connectivity index (χ1n) is 6.52. The summed E-state index contributed by atoms with van der Waals surface area (Å²) in [4.78, 5) is 4.26. The molecule has 3 rings (SSSR count). The number of nitrogens with two attached hydrogens (primary N) is 1. The number of hydrogen-bond donors (Lipinski definition) is 1. The van der Waals surface area contributed by atoms with E-state index in [1.54, 1.807) is 6.92 Å². The van der Waals surface area contributed by atoms with E-state index in [-0.39, 0.29) is 16.5 Å². The molecule has 3 aromatic rings. The Morgan fingerprint density at radius 2 is 1.88 bits per heavy atom. The van der Waals surface area contributed by atoms with Crippen LogP contribution in [0.4, 0.5) is 18.9 Å². The lowest BCUT2D eigenvalue weighted by Gasteiger charge is -2.08. The third-order valence-electron chi connectivity index (χ3n) is 3.50. The lowest BCUT2D eigenvalue weighted by Crippen LogP contribution is -2.04. The zero-order chi connectivity index (χ0) is 17.8. The Balaban J connectivity index is 2.28. The number of aromatic nitrogens is 1. The summed E-state index contributed by atoms with van der Waals surface area (Å²) in [7, 11) is 0. The first-order chi connectivity index (χ1) is 11.1. The molecule has 0 aliphatic heterocycles. The highest BCUT2D eigenvalue weighted by Crippen LogP contribution is 2.42. The van der Waals surface area contributed by atoms with Crippen molar-refractivity contribution in [2.24, 2.45) is 0 Å². The summed E-state index contributed by atoms with van der Waals surface area (Å²) < 4.78 is 45.6. The molecular weight excluding hydrogens is 476 g/mol. The van der Waals surface area contributed by atoms with Gasteiger partial charge in [-0.25, -0.2) is 4.98 Å². The second-order valence-corrected chi connectivity index (χ2v) is 7.05. The van der Waals surface area contributed by atoms with Crippen LogP contribution in [-0.4, -0.2) is 4.98 Å². The monoisotopic (exact) mass is 482 g/mol. The quantitative estimate of drug-likeness (QED) is 0.397. The highest BCUT2D eigenvalue weighted by molar-refractivity contribution is 9.11. The summed E-state index contributed by atoms with van der Waals surface area (Å²) >= 11 is 12.7. The number of alkyl halides is 3. The molecule has 126 valence electrons. The van der Waals surface area contributed by atoms with Crippen LogP contribution in [0.25, 0.3) is 22.6 Å². The van der Waals surface area contributed by atoms with E-state index in [4.69, 9.17) is 21.8 Å². The molecule has 0 fully saturated rings. The van der Waals surface area contributed by atoms with E-state index < -0.39 is 11.7 Å². The lowest BCUT2D eigenvalue weighted by molar-refractivity contribution is -0.137. The summed E-state index contributed by atoms with van der Waals surface area (Å²) in [6.45, 7) is 1.76. The average molecular weight is 484 g/mol. The van der Waals surface area contributed by atoms with Gasteiger partial charge in [0.05, 0.1) is 26.3 Å². The van der Waals surface area contributed by atoms with E-state index in [0.717, 1.165) is 12.1 Å². The molecule has 9 heteroatoms. The molecule has 0 radical (unpaired) electrons. The van der Waals surface area contributed by atoms with E-state index in [9.17, 15) is 13.2 Å². The molecule has 3 nitrogen and oxygen atoms in total. The molecular formula is C15H8Br2ClF3N2O. The number of halogens is 6. The molecule has 0 spiro atoms. The van der Waals surface area contributed by atoms with Crippen LogP contribution in [0.15, 0.2) is 31.6 Å². The van der Waals surface area contributed by atoms with Gasteiger partial charge in [-0.3, -0.25) is 0 Å². The van der Waals surface area contributed by atoms with E-state index >= 15 is 0 Å². The smallest absolute Gasteiger partial charge is 0.416 e. The Kier molecular flexibility index (Phi) is 4.34. The summed E-state index contributed by atoms with van der Waals surface area (Å²) in [5, 5.41) is 0.107. The Morgan fingerprint density at radius 1 is 1.21 bits per heavy atom. The van der Waals surface area contributed by atoms with Crippen molar-refractivity contribution < 1.29 is 17.6 Å². The van der Waals surface area contributed by atoms with Gasteiger partial charge in [-0.1, -0.05) is 11.6 Å². The van der Waals surface area contributed by atoms with Crippen molar-refractivity contribution >= 4 is 60.2 Å². The number of nitrogens with zero attached hydrogens (tertiary/aromatic N) is 1. The predicted molar refractivity (Wildman–Crippen MR) is 94.0 cm³/mol. The van der Waals surface area contributed by atoms with Gasteiger partial charge < -0.3 is 10.2 Å². The molecule has 0 aliphatic rings. The topological polar surface area (TPSA) is 52.0 Å². The van der Waals surface area contributed by atoms with Gasteiger partial charge in [0.1, 0.15) is 5.52 Å². The molecule has 2 N–H and O–H groups in total. The zero-order valence-electron chi connectivity index (χ0n) is 11.9. The SMILES string of the molecule is Cc1c(Br)c(N)c(Br)c2nc(-c3cc(C(F)(F)F)ccc3Cl)oc12. The average Bonchev–Trinajstić information content (AvgIpc) is 2.95. The van der Waals surface area contributed by atoms with Gasteiger partial charge in [0.2, 0.25) is 5.89 Å². The van der Waals surface area contributed by atoms with Crippen molar-refractivity contribution in [1.82, 2.24) is 4.98 Å². The minimum atomic E-state index is -4.49. The fourth-order valence-electron chi connectivity index (χ4n) is 2.23. The van der Waals surface area contributed by atoms with E-state index in [1.807, 2.05) is 0 Å². The van der Waals surface area contributed by atoms with Crippen LogP contribution >= 0.6 is 43.5 Å². The van der Waals surface area contributed by atoms with E-state index in [1.165, 1.54) is 6.07 Å². The molecule has 2 aromatic carbocycles. The van der Waals surface area contributed by atoms with Crippen molar-refractivity contribution in [3.63, 3.8) is 0 Å². The second-order valence-electron chi connectivity index (χ2n) is 5.06. The minimum Gasteiger partial charge on any atom is -0.436 e. The van der Waals surface area contributed by atoms with Crippen LogP contribution < -0.4 is 5.73 Å². The van der Waals surface area contributed by atoms with Crippen LogP contribution in [0.3, 0.4) is 0 Å². The van der Waals surface area contributed by atoms with Gasteiger partial charge in [0.25, 0.3) is 0 Å². The van der Waals surface area contributed by atoms with Crippen LogP contribution in [0.5, 0.6) is 0 Å². The largest absolute Gasteiger partial charge is 0.436 e. The van der Waals surface area contributed by atoms with E-state index in [0.29, 0.717) is 31.3 Å². The molecule has 0 amide bonds. The molecule has 0 bridgehead atoms. The summed E-state index contributed by atoms with van der Waals surface area (Å²) in [6.07, 6.45) is -4.49. The van der Waals surface area contributed by atoms with Crippen molar-refractivity contribution in [1.29, 1.82) is 0 Å². The number of aryl methyl sites for hydroxylation is 1. The van der Waals surface area contributed by atoms with Gasteiger partial charge in [-0.15, -0.1) is 0 Å². The minimum absolute atomic E-state index is 0.0117. The number of benzene rings is 2. The Hall–Kier alpha value is -1.25. The summed E-state index contributed by atoms with van der Waals surface area (Å²) in [5.74, 6) is -0.0117. The maximum atomic E-state index is 12.9. The first kappa shape index (κ1) is 17.6. The molecule has 1 heterocycles. The number of nitrogen functional groups attached to an aromatic ring is 1. The van der Waals surface area contributed by atoms with Crippen LogP contribution in [0.2, 0.25) is 5.02 Å². The Bertz CT molecular complexity index is 925. The summed E-state index contributed by atoms with van der Waals surface area (Å²) in [5.41, 5.74) is 7.12. The van der Waals surface area contributed by atoms with Crippen molar-refractivity contribution in [3.05, 3.63) is 43.3 Å². The number of fused-ring (bicyclic) bond motifs is 1. The summed E-state index contributed by atoms with van der Waals surface area (Å²) in [6, 6.07) is 2.99. The third-order valence-corrected chi connectivity index (χ3v) is 5.66. The Morgan fingerprint density at radius 3 is 2.50 bits per heavy atom. The highest BCUT2D eigenvalue weighted by atomic mass is 79.9. The van der Waals surface area contributed by atoms with Gasteiger partial charge >= 0.3 is 6.18 Å². The Labute approximate surface area is 156 Å². The van der Waals surface area contributed by atoms with Crippen molar-refractivity contribution in [2.75, 3.05) is 5.73 Å². The van der Waals surface area contributed by atoms with Gasteiger partial charge in [-0.2, -0.15) is 13.2 Å². The van der Waals surface area contributed by atoms with Crippen molar-refractivity contribution in [3.8, 4) is 11.5 Å². The molecule has 0 unspecified atom stereocenters. The van der Waals surface area contributed by atoms with Gasteiger partial charge in [0, 0.05) is 10.0 Å². The van der Waals surface area contributed by atoms with Gasteiger partial charge in [0.15, 0.2) is 5.58 Å². The zero-order valence-corrected chi connectivity index (χ0v) is 15.9. The maximum absolute atomic E-state index is 12.9. The van der Waals surface area contributed by atoms with Crippen LogP contribution in [0.1, 0.15) is 11.1 Å². The maximum Gasteiger partial charge on any atom is 0.416 e. The number of rotatable bonds is 1. The standard InChI is InChI=1S/C15H8Br2ClF3N2O/c1-5-9(16)11(22)10(17)12-13(5)24-14(23-12)7-4-6(15(19,20)21)2-3-8(7)18/h2-4H,22H2,1H3. The molecule has 1 aromatic heterocycles. The normalized spacial score (nSPS) is 12.1. The van der Waals surface area contributed by atoms with Crippen molar-refractivity contribution in [2.45, 2.75) is 13.1 Å². The third kappa shape index (κ3) is 2.80. The second kappa shape index (κ2) is 5.93. The highest BCUT2D eigenvalue weighted by Gasteiger charge is 2.31. The molecule has 0 aliphatic carbocycles. The number of hydrogen-bond acceptors (Lipinski definition) is 3. The fourth-order valence-corrected chi connectivity index (χ4v) is 3.54. The predicted octanol–water partition coefficient (Wildman–Crippen LogP) is 6.58. The molecule has 0 saturated carbocycles. The number of oxazole rings is 1. The van der Waals surface area contributed by atoms with Gasteiger partial charge in [-0.05, 0) is 57.0 Å². The van der Waals surface area contributed by atoms with E-state index in [2.05, 4.69) is 36.8 Å². The molecule has 0 atom stereocenters. The number of anilines is 1. The molecule has 0 saturated heterocycles. The van der Waals surface area contributed by atoms with Crippen LogP contribution in [-0.2, 0) is 6.18 Å². The van der Waals surface area contributed by atoms with Crippen LogP contribution in [0, 0.1) is 6.92 Å². The first-order valence-corrected chi connectivity index (χ1v) is 8.48. The fraction of sp³-hybridized carbons (Fsp3) is 0.133. The molecule has 24 heavy (non-hydrogen) atoms.